The molecule has 0 N–H and O–H groups in total. The molecule has 1 saturated heterocycles. The molecule has 0 radical (unpaired) electrons. The first-order chi connectivity index (χ1) is 16.5. The third-order valence-corrected chi connectivity index (χ3v) is 5.75. The van der Waals surface area contributed by atoms with Crippen LogP contribution in [0.1, 0.15) is 23.9 Å². The minimum Gasteiger partial charge on any atom is -0.372 e. The van der Waals surface area contributed by atoms with Gasteiger partial charge in [0.25, 0.3) is 11.4 Å². The van der Waals surface area contributed by atoms with Crippen LogP contribution in [-0.2, 0) is 11.8 Å². The smallest absolute Gasteiger partial charge is 0.257 e. The number of rotatable bonds is 4. The van der Waals surface area contributed by atoms with E-state index in [0.717, 1.165) is 23.7 Å². The summed E-state index contributed by atoms with van der Waals surface area (Å²) in [7, 11) is 1.66. The Hall–Kier alpha value is -3.92. The van der Waals surface area contributed by atoms with E-state index in [1.807, 2.05) is 29.2 Å². The highest BCUT2D eigenvalue weighted by Crippen LogP contribution is 2.29. The predicted molar refractivity (Wildman–Crippen MR) is 123 cm³/mol. The molecule has 34 heavy (non-hydrogen) atoms. The second-order valence-corrected chi connectivity index (χ2v) is 8.13. The average Bonchev–Trinajstić information content (AvgIpc) is 3.13. The second kappa shape index (κ2) is 9.14. The van der Waals surface area contributed by atoms with Crippen LogP contribution in [0.2, 0.25) is 0 Å². The van der Waals surface area contributed by atoms with Crippen molar-refractivity contribution in [1.82, 2.24) is 24.7 Å². The van der Waals surface area contributed by atoms with E-state index >= 15 is 0 Å². The zero-order chi connectivity index (χ0) is 23.7. The molecule has 1 atom stereocenters. The quantitative estimate of drug-likeness (QED) is 0.456. The summed E-state index contributed by atoms with van der Waals surface area (Å²) in [5.41, 5.74) is 1.99. The summed E-state index contributed by atoms with van der Waals surface area (Å²) in [6.07, 6.45) is 3.07. The van der Waals surface area contributed by atoms with Crippen LogP contribution < -0.4 is 10.5 Å². The van der Waals surface area contributed by atoms with E-state index in [1.165, 1.54) is 22.9 Å². The summed E-state index contributed by atoms with van der Waals surface area (Å²) < 4.78 is 27.3. The topological polar surface area (TPSA) is 99.2 Å². The number of ether oxygens (including phenoxy) is 1. The molecule has 1 fully saturated rings. The maximum Gasteiger partial charge on any atom is 0.257 e. The number of pyridine rings is 1. The van der Waals surface area contributed by atoms with Crippen LogP contribution in [0.3, 0.4) is 0 Å². The molecule has 0 aliphatic carbocycles. The van der Waals surface area contributed by atoms with Gasteiger partial charge in [0, 0.05) is 43.6 Å². The molecule has 174 valence electrons. The average molecular weight is 462 g/mol. The van der Waals surface area contributed by atoms with Crippen molar-refractivity contribution in [3.8, 4) is 22.7 Å². The molecule has 1 unspecified atom stereocenters. The summed E-state index contributed by atoms with van der Waals surface area (Å²) in [5, 5.41) is 3.86. The van der Waals surface area contributed by atoms with Gasteiger partial charge in [-0.15, -0.1) is 0 Å². The molecule has 0 amide bonds. The SMILES string of the molecule is Cc1noc(-c2cccc(C3CN(c4nc(-c5ccncc5F)cc(=O)n4C)CCCO3)c2)n1. The zero-order valence-electron chi connectivity index (χ0n) is 18.8. The number of aryl methyl sites for hydroxylation is 1. The van der Waals surface area contributed by atoms with Crippen molar-refractivity contribution in [1.29, 1.82) is 0 Å². The van der Waals surface area contributed by atoms with E-state index in [9.17, 15) is 9.18 Å². The lowest BCUT2D eigenvalue weighted by atomic mass is 10.1. The van der Waals surface area contributed by atoms with E-state index in [-0.39, 0.29) is 22.9 Å². The fraction of sp³-hybridized carbons (Fsp3) is 0.292. The highest BCUT2D eigenvalue weighted by atomic mass is 19.1. The minimum atomic E-state index is -0.528. The van der Waals surface area contributed by atoms with Gasteiger partial charge in [0.15, 0.2) is 11.6 Å². The number of aromatic nitrogens is 5. The first kappa shape index (κ1) is 21.9. The molecule has 4 aromatic rings. The van der Waals surface area contributed by atoms with Gasteiger partial charge >= 0.3 is 0 Å². The third kappa shape index (κ3) is 4.32. The van der Waals surface area contributed by atoms with Gasteiger partial charge in [0.05, 0.1) is 18.4 Å². The fourth-order valence-corrected chi connectivity index (χ4v) is 4.03. The maximum absolute atomic E-state index is 14.3. The van der Waals surface area contributed by atoms with E-state index in [0.29, 0.717) is 37.4 Å². The zero-order valence-corrected chi connectivity index (χ0v) is 18.8. The highest BCUT2D eigenvalue weighted by molar-refractivity contribution is 5.60. The molecule has 5 rings (SSSR count). The van der Waals surface area contributed by atoms with E-state index in [4.69, 9.17) is 9.26 Å². The van der Waals surface area contributed by atoms with Crippen molar-refractivity contribution in [2.24, 2.45) is 7.05 Å². The van der Waals surface area contributed by atoms with Gasteiger partial charge in [-0.2, -0.15) is 4.98 Å². The van der Waals surface area contributed by atoms with Crippen LogP contribution in [0.4, 0.5) is 10.3 Å². The first-order valence-corrected chi connectivity index (χ1v) is 10.9. The Morgan fingerprint density at radius 2 is 2.06 bits per heavy atom. The van der Waals surface area contributed by atoms with E-state index in [2.05, 4.69) is 20.1 Å². The Kier molecular flexibility index (Phi) is 5.89. The summed E-state index contributed by atoms with van der Waals surface area (Å²) in [4.78, 5) is 27.5. The number of halogens is 1. The molecule has 0 spiro atoms. The van der Waals surface area contributed by atoms with Gasteiger partial charge in [-0.25, -0.2) is 9.37 Å². The van der Waals surface area contributed by atoms with Gasteiger partial charge < -0.3 is 14.2 Å². The molecule has 4 heterocycles. The molecule has 1 aliphatic rings. The van der Waals surface area contributed by atoms with Crippen LogP contribution in [0.15, 0.2) is 58.1 Å². The fourth-order valence-electron chi connectivity index (χ4n) is 4.03. The van der Waals surface area contributed by atoms with Crippen molar-refractivity contribution in [2.45, 2.75) is 19.4 Å². The Morgan fingerprint density at radius 1 is 1.18 bits per heavy atom. The van der Waals surface area contributed by atoms with Crippen LogP contribution in [-0.4, -0.2) is 44.4 Å². The first-order valence-electron chi connectivity index (χ1n) is 10.9. The highest BCUT2D eigenvalue weighted by Gasteiger charge is 2.25. The Labute approximate surface area is 194 Å². The molecule has 1 aromatic carbocycles. The summed E-state index contributed by atoms with van der Waals surface area (Å²) in [6, 6.07) is 10.6. The molecular formula is C24H23FN6O3. The second-order valence-electron chi connectivity index (χ2n) is 8.13. The van der Waals surface area contributed by atoms with Crippen molar-refractivity contribution in [3.05, 3.63) is 76.4 Å². The van der Waals surface area contributed by atoms with Gasteiger partial charge in [0.1, 0.15) is 6.10 Å². The molecule has 0 saturated carbocycles. The normalized spacial score (nSPS) is 16.4. The van der Waals surface area contributed by atoms with Crippen molar-refractivity contribution < 1.29 is 13.7 Å². The molecule has 1 aliphatic heterocycles. The number of hydrogen-bond acceptors (Lipinski definition) is 8. The third-order valence-electron chi connectivity index (χ3n) is 5.75. The van der Waals surface area contributed by atoms with Gasteiger partial charge in [-0.05, 0) is 37.1 Å². The van der Waals surface area contributed by atoms with Crippen LogP contribution in [0, 0.1) is 12.7 Å². The molecule has 0 bridgehead atoms. The van der Waals surface area contributed by atoms with E-state index < -0.39 is 5.82 Å². The molecule has 3 aromatic heterocycles. The minimum absolute atomic E-state index is 0.235. The van der Waals surface area contributed by atoms with Gasteiger partial charge in [-0.1, -0.05) is 17.3 Å². The number of hydrogen-bond donors (Lipinski definition) is 0. The lowest BCUT2D eigenvalue weighted by Crippen LogP contribution is -2.34. The van der Waals surface area contributed by atoms with Crippen molar-refractivity contribution >= 4 is 5.95 Å². The predicted octanol–water partition coefficient (Wildman–Crippen LogP) is 3.31. The lowest BCUT2D eigenvalue weighted by Gasteiger charge is -2.27. The van der Waals surface area contributed by atoms with Gasteiger partial charge in [0.2, 0.25) is 5.95 Å². The maximum atomic E-state index is 14.3. The largest absolute Gasteiger partial charge is 0.372 e. The summed E-state index contributed by atoms with van der Waals surface area (Å²) in [5.74, 6) is 0.938. The van der Waals surface area contributed by atoms with Crippen molar-refractivity contribution in [3.63, 3.8) is 0 Å². The number of anilines is 1. The molecule has 10 heteroatoms. The monoisotopic (exact) mass is 462 g/mol. The standard InChI is InChI=1S/C24H23FN6O3/c1-15-27-23(34-29-15)17-6-3-5-16(11-17)21-14-31(9-4-10-33-21)24-28-20(12-22(32)30(24)2)18-7-8-26-13-19(18)25/h3,5-8,11-13,21H,4,9-10,14H2,1-2H3. The van der Waals surface area contributed by atoms with Gasteiger partial charge in [-0.3, -0.25) is 14.3 Å². The Morgan fingerprint density at radius 3 is 2.85 bits per heavy atom. The molecule has 9 nitrogen and oxygen atoms in total. The molecular weight excluding hydrogens is 439 g/mol. The Balaban J connectivity index is 1.49. The van der Waals surface area contributed by atoms with Crippen molar-refractivity contribution in [2.75, 3.05) is 24.6 Å². The summed E-state index contributed by atoms with van der Waals surface area (Å²) in [6.45, 7) is 3.43. The number of nitrogens with zero attached hydrogens (tertiary/aromatic N) is 6. The lowest BCUT2D eigenvalue weighted by molar-refractivity contribution is 0.0686. The number of benzene rings is 1. The van der Waals surface area contributed by atoms with E-state index in [1.54, 1.807) is 14.0 Å². The summed E-state index contributed by atoms with van der Waals surface area (Å²) >= 11 is 0. The Bertz CT molecular complexity index is 1390. The van der Waals surface area contributed by atoms with Crippen LogP contribution >= 0.6 is 0 Å². The van der Waals surface area contributed by atoms with Crippen LogP contribution in [0.25, 0.3) is 22.7 Å². The van der Waals surface area contributed by atoms with Crippen LogP contribution in [0.5, 0.6) is 0 Å².